The number of rotatable bonds is 5. The van der Waals surface area contributed by atoms with Gasteiger partial charge in [0.25, 0.3) is 0 Å². The highest BCUT2D eigenvalue weighted by molar-refractivity contribution is 5.97. The van der Waals surface area contributed by atoms with E-state index < -0.39 is 0 Å². The van der Waals surface area contributed by atoms with Gasteiger partial charge in [-0.25, -0.2) is 4.79 Å². The summed E-state index contributed by atoms with van der Waals surface area (Å²) < 4.78 is 11.1. The average Bonchev–Trinajstić information content (AvgIpc) is 2.99. The van der Waals surface area contributed by atoms with E-state index in [1.807, 2.05) is 19.9 Å². The molecule has 2 aliphatic rings. The minimum atomic E-state index is -0.275. The Balaban J connectivity index is 1.66. The van der Waals surface area contributed by atoms with E-state index in [1.54, 1.807) is 21.9 Å². The first kappa shape index (κ1) is 18.3. The lowest BCUT2D eigenvalue weighted by molar-refractivity contribution is -0.117. The van der Waals surface area contributed by atoms with E-state index in [4.69, 9.17) is 14.6 Å². The maximum atomic E-state index is 12.4. The normalized spacial score (nSPS) is 19.0. The Morgan fingerprint density at radius 2 is 2.08 bits per heavy atom. The van der Waals surface area contributed by atoms with Gasteiger partial charge in [-0.2, -0.15) is 0 Å². The lowest BCUT2D eigenvalue weighted by Gasteiger charge is -2.27. The van der Waals surface area contributed by atoms with Gasteiger partial charge in [0, 0.05) is 37.3 Å². The van der Waals surface area contributed by atoms with E-state index in [2.05, 4.69) is 5.32 Å². The van der Waals surface area contributed by atoms with Crippen molar-refractivity contribution in [3.63, 3.8) is 0 Å². The van der Waals surface area contributed by atoms with Crippen LogP contribution in [0.3, 0.4) is 0 Å². The van der Waals surface area contributed by atoms with Crippen molar-refractivity contribution >= 4 is 17.6 Å². The summed E-state index contributed by atoms with van der Waals surface area (Å²) in [4.78, 5) is 28.0. The summed E-state index contributed by atoms with van der Waals surface area (Å²) in [6.07, 6.45) is 0.241. The lowest BCUT2D eigenvalue weighted by Crippen LogP contribution is -2.49. The highest BCUT2D eigenvalue weighted by Crippen LogP contribution is 2.35. The van der Waals surface area contributed by atoms with Gasteiger partial charge < -0.3 is 29.7 Å². The Bertz CT molecular complexity index is 679. The predicted octanol–water partition coefficient (Wildman–Crippen LogP) is 0.975. The van der Waals surface area contributed by atoms with Crippen LogP contribution >= 0.6 is 0 Å². The number of hydrogen-bond acceptors (Lipinski definition) is 5. The number of carbonyl (C=O) groups excluding carboxylic acids is 2. The van der Waals surface area contributed by atoms with Crippen LogP contribution in [0.5, 0.6) is 11.5 Å². The first-order valence-electron chi connectivity index (χ1n) is 8.87. The molecule has 1 atom stereocenters. The second-order valence-corrected chi connectivity index (χ2v) is 6.69. The van der Waals surface area contributed by atoms with Crippen LogP contribution in [-0.4, -0.2) is 66.9 Å². The molecule has 26 heavy (non-hydrogen) atoms. The molecular weight excluding hydrogens is 338 g/mol. The second-order valence-electron chi connectivity index (χ2n) is 6.69. The van der Waals surface area contributed by atoms with Gasteiger partial charge >= 0.3 is 6.03 Å². The van der Waals surface area contributed by atoms with Gasteiger partial charge in [-0.05, 0) is 26.0 Å². The number of aliphatic hydroxyl groups excluding tert-OH is 1. The van der Waals surface area contributed by atoms with Crippen LogP contribution < -0.4 is 19.7 Å². The number of fused-ring (bicyclic) bond motifs is 1. The molecule has 0 aromatic heterocycles. The fraction of sp³-hybridized carbons (Fsp3) is 0.556. The van der Waals surface area contributed by atoms with Gasteiger partial charge in [-0.3, -0.25) is 4.79 Å². The van der Waals surface area contributed by atoms with Crippen molar-refractivity contribution in [2.75, 3.05) is 37.8 Å². The molecule has 0 saturated carbocycles. The van der Waals surface area contributed by atoms with E-state index in [-0.39, 0.29) is 43.6 Å². The molecular formula is C18H25N3O5. The van der Waals surface area contributed by atoms with E-state index in [9.17, 15) is 9.59 Å². The Morgan fingerprint density at radius 1 is 1.35 bits per heavy atom. The van der Waals surface area contributed by atoms with Crippen LogP contribution in [0.15, 0.2) is 18.2 Å². The minimum absolute atomic E-state index is 0.0341. The van der Waals surface area contributed by atoms with Crippen molar-refractivity contribution < 1.29 is 24.2 Å². The number of carbonyl (C=O) groups is 2. The summed E-state index contributed by atoms with van der Waals surface area (Å²) >= 11 is 0. The number of urea groups is 1. The maximum absolute atomic E-state index is 12.4. The highest BCUT2D eigenvalue weighted by atomic mass is 16.6. The second kappa shape index (κ2) is 7.82. The summed E-state index contributed by atoms with van der Waals surface area (Å²) in [7, 11) is 0. The van der Waals surface area contributed by atoms with Gasteiger partial charge in [0.1, 0.15) is 13.2 Å². The number of aliphatic hydroxyl groups is 1. The molecule has 1 saturated heterocycles. The Kier molecular flexibility index (Phi) is 5.51. The van der Waals surface area contributed by atoms with Crippen molar-refractivity contribution in [3.05, 3.63) is 18.2 Å². The molecule has 0 spiro atoms. The van der Waals surface area contributed by atoms with Gasteiger partial charge in [0.15, 0.2) is 11.5 Å². The van der Waals surface area contributed by atoms with E-state index >= 15 is 0 Å². The predicted molar refractivity (Wildman–Crippen MR) is 95.6 cm³/mol. The monoisotopic (exact) mass is 363 g/mol. The van der Waals surface area contributed by atoms with Gasteiger partial charge in [0.05, 0.1) is 12.6 Å². The number of anilines is 1. The topological polar surface area (TPSA) is 91.3 Å². The number of nitrogens with zero attached hydrogens (tertiary/aromatic N) is 2. The highest BCUT2D eigenvalue weighted by Gasteiger charge is 2.33. The molecule has 0 bridgehead atoms. The van der Waals surface area contributed by atoms with Crippen LogP contribution in [0.25, 0.3) is 0 Å². The molecule has 1 fully saturated rings. The smallest absolute Gasteiger partial charge is 0.318 e. The molecule has 1 aromatic carbocycles. The van der Waals surface area contributed by atoms with Crippen LogP contribution in [0.2, 0.25) is 0 Å². The molecule has 0 radical (unpaired) electrons. The quantitative estimate of drug-likeness (QED) is 0.814. The van der Waals surface area contributed by atoms with E-state index in [1.165, 1.54) is 0 Å². The van der Waals surface area contributed by atoms with Crippen LogP contribution in [0, 0.1) is 0 Å². The number of benzene rings is 1. The third-order valence-corrected chi connectivity index (χ3v) is 4.52. The molecule has 8 heteroatoms. The van der Waals surface area contributed by atoms with Crippen molar-refractivity contribution in [1.29, 1.82) is 0 Å². The summed E-state index contributed by atoms with van der Waals surface area (Å²) in [5.41, 5.74) is 0.729. The number of hydrogen-bond donors (Lipinski definition) is 2. The molecule has 142 valence electrons. The van der Waals surface area contributed by atoms with Crippen LogP contribution in [-0.2, 0) is 4.79 Å². The minimum Gasteiger partial charge on any atom is -0.486 e. The molecule has 3 amide bonds. The van der Waals surface area contributed by atoms with Crippen molar-refractivity contribution in [1.82, 2.24) is 10.2 Å². The molecule has 0 unspecified atom stereocenters. The zero-order valence-electron chi connectivity index (χ0n) is 15.1. The molecule has 8 nitrogen and oxygen atoms in total. The Hall–Kier alpha value is -2.48. The molecule has 2 heterocycles. The molecule has 2 aliphatic heterocycles. The zero-order valence-corrected chi connectivity index (χ0v) is 15.1. The SMILES string of the molecule is CC(C)N(CCO)C(=O)N[C@@H]1CC(=O)N(c2ccc3c(c2)OCCO3)C1. The third kappa shape index (κ3) is 3.85. The van der Waals surface area contributed by atoms with Crippen molar-refractivity contribution in [3.8, 4) is 11.5 Å². The van der Waals surface area contributed by atoms with Crippen molar-refractivity contribution in [2.45, 2.75) is 32.4 Å². The summed E-state index contributed by atoms with van der Waals surface area (Å²) in [6.45, 7) is 5.33. The number of nitrogens with one attached hydrogen (secondary N) is 1. The largest absolute Gasteiger partial charge is 0.486 e. The standard InChI is InChI=1S/C18H25N3O5/c1-12(2)20(5-6-22)18(24)19-13-9-17(23)21(11-13)14-3-4-15-16(10-14)26-8-7-25-15/h3-4,10,12-13,22H,5-9,11H2,1-2H3,(H,19,24)/t13-/m1/s1. The lowest BCUT2D eigenvalue weighted by atomic mass is 10.2. The van der Waals surface area contributed by atoms with Crippen LogP contribution in [0.4, 0.5) is 10.5 Å². The zero-order chi connectivity index (χ0) is 18.7. The third-order valence-electron chi connectivity index (χ3n) is 4.52. The maximum Gasteiger partial charge on any atom is 0.318 e. The molecule has 1 aromatic rings. The average molecular weight is 363 g/mol. The first-order chi connectivity index (χ1) is 12.5. The summed E-state index contributed by atoms with van der Waals surface area (Å²) in [5.74, 6) is 1.25. The van der Waals surface area contributed by atoms with Crippen LogP contribution in [0.1, 0.15) is 20.3 Å². The summed E-state index contributed by atoms with van der Waals surface area (Å²) in [6, 6.07) is 4.84. The molecule has 3 rings (SSSR count). The molecule has 2 N–H and O–H groups in total. The Morgan fingerprint density at radius 3 is 2.77 bits per heavy atom. The van der Waals surface area contributed by atoms with E-state index in [0.29, 0.717) is 31.3 Å². The molecule has 0 aliphatic carbocycles. The number of ether oxygens (including phenoxy) is 2. The fourth-order valence-corrected chi connectivity index (χ4v) is 3.21. The number of amides is 3. The van der Waals surface area contributed by atoms with E-state index in [0.717, 1.165) is 5.69 Å². The van der Waals surface area contributed by atoms with Crippen molar-refractivity contribution in [2.24, 2.45) is 0 Å². The Labute approximate surface area is 152 Å². The van der Waals surface area contributed by atoms with Gasteiger partial charge in [-0.1, -0.05) is 0 Å². The van der Waals surface area contributed by atoms with Gasteiger partial charge in [0.2, 0.25) is 5.91 Å². The fourth-order valence-electron chi connectivity index (χ4n) is 3.21. The van der Waals surface area contributed by atoms with Gasteiger partial charge in [-0.15, -0.1) is 0 Å². The summed E-state index contributed by atoms with van der Waals surface area (Å²) in [5, 5.41) is 12.0. The first-order valence-corrected chi connectivity index (χ1v) is 8.87.